The van der Waals surface area contributed by atoms with Crippen molar-refractivity contribution in [1.82, 2.24) is 34.8 Å². The number of carbonyl (C=O) groups excluding carboxylic acids is 1. The highest BCUT2D eigenvalue weighted by molar-refractivity contribution is 5.95. The zero-order valence-corrected chi connectivity index (χ0v) is 16.7. The van der Waals surface area contributed by atoms with Crippen LogP contribution < -0.4 is 5.32 Å². The zero-order valence-electron chi connectivity index (χ0n) is 16.7. The van der Waals surface area contributed by atoms with Crippen LogP contribution in [0.1, 0.15) is 12.8 Å². The first-order valence-electron chi connectivity index (χ1n) is 9.94. The molecule has 4 heterocycles. The number of fused-ring (bicyclic) bond motifs is 2. The van der Waals surface area contributed by atoms with Gasteiger partial charge in [0.1, 0.15) is 17.7 Å². The Morgan fingerprint density at radius 3 is 3.03 bits per heavy atom. The number of likely N-dealkylation sites (tertiary alicyclic amines) is 1. The number of alkyl halides is 2. The molecule has 1 aromatic carbocycles. The summed E-state index contributed by atoms with van der Waals surface area (Å²) in [6, 6.07) is 5.52. The van der Waals surface area contributed by atoms with Gasteiger partial charge in [0.25, 0.3) is 6.43 Å². The molecule has 1 aliphatic heterocycles. The summed E-state index contributed by atoms with van der Waals surface area (Å²) in [5.41, 5.74) is 3.45. The standard InChI is InChI=1S/C20H20F2N8O/c1-29-9-12(3-5-18(29)31)25-20-24-8-14-13(7-23-19(14)26-20)11-2-4-15-16(6-11)30(28-27-15)10-17(21)22/h2,4,6-8,12,17H,3,5,9-10H2,1H3,(H2,23,24,25,26)/t12-/m0/s1. The second kappa shape index (κ2) is 7.56. The van der Waals surface area contributed by atoms with Crippen molar-refractivity contribution in [2.24, 2.45) is 0 Å². The molecule has 0 aliphatic carbocycles. The molecule has 0 spiro atoms. The number of likely N-dealkylation sites (N-methyl/N-ethyl adjacent to an activating group) is 1. The monoisotopic (exact) mass is 426 g/mol. The smallest absolute Gasteiger partial charge is 0.258 e. The largest absolute Gasteiger partial charge is 0.350 e. The van der Waals surface area contributed by atoms with Gasteiger partial charge in [0.15, 0.2) is 0 Å². The molecule has 1 aliphatic rings. The van der Waals surface area contributed by atoms with Crippen LogP contribution >= 0.6 is 0 Å². The highest BCUT2D eigenvalue weighted by Gasteiger charge is 2.23. The number of piperidine rings is 1. The highest BCUT2D eigenvalue weighted by atomic mass is 19.3. The second-order valence-electron chi connectivity index (χ2n) is 7.68. The molecule has 1 atom stereocenters. The molecule has 1 saturated heterocycles. The predicted molar refractivity (Wildman–Crippen MR) is 111 cm³/mol. The molecule has 0 bridgehead atoms. The number of hydrogen-bond donors (Lipinski definition) is 2. The quantitative estimate of drug-likeness (QED) is 0.508. The van der Waals surface area contributed by atoms with E-state index in [1.165, 1.54) is 4.68 Å². The van der Waals surface area contributed by atoms with E-state index in [-0.39, 0.29) is 11.9 Å². The molecule has 4 aromatic rings. The van der Waals surface area contributed by atoms with Crippen molar-refractivity contribution in [2.75, 3.05) is 18.9 Å². The van der Waals surface area contributed by atoms with Crippen LogP contribution in [-0.2, 0) is 11.3 Å². The Bertz CT molecular complexity index is 1270. The summed E-state index contributed by atoms with van der Waals surface area (Å²) in [5.74, 6) is 0.633. The molecule has 9 nitrogen and oxygen atoms in total. The minimum absolute atomic E-state index is 0.0969. The number of rotatable bonds is 5. The summed E-state index contributed by atoms with van der Waals surface area (Å²) < 4.78 is 26.8. The number of halogens is 2. The Morgan fingerprint density at radius 2 is 2.23 bits per heavy atom. The fourth-order valence-corrected chi connectivity index (χ4v) is 3.93. The topological polar surface area (TPSA) is 105 Å². The number of carbonyl (C=O) groups is 1. The fraction of sp³-hybridized carbons (Fsp3) is 0.350. The van der Waals surface area contributed by atoms with E-state index < -0.39 is 13.0 Å². The Hall–Kier alpha value is -3.63. The lowest BCUT2D eigenvalue weighted by Gasteiger charge is -2.30. The van der Waals surface area contributed by atoms with Crippen LogP contribution in [0, 0.1) is 0 Å². The average molecular weight is 426 g/mol. The van der Waals surface area contributed by atoms with Crippen LogP contribution in [0.5, 0.6) is 0 Å². The van der Waals surface area contributed by atoms with Gasteiger partial charge < -0.3 is 15.2 Å². The van der Waals surface area contributed by atoms with E-state index in [0.717, 1.165) is 22.9 Å². The van der Waals surface area contributed by atoms with Crippen molar-refractivity contribution in [1.29, 1.82) is 0 Å². The summed E-state index contributed by atoms with van der Waals surface area (Å²) in [6.07, 6.45) is 2.28. The molecule has 0 radical (unpaired) electrons. The lowest BCUT2D eigenvalue weighted by Crippen LogP contribution is -2.43. The molecule has 0 saturated carbocycles. The maximum atomic E-state index is 12.8. The van der Waals surface area contributed by atoms with Crippen LogP contribution in [0.3, 0.4) is 0 Å². The number of anilines is 1. The summed E-state index contributed by atoms with van der Waals surface area (Å²) in [5, 5.41) is 11.9. The molecule has 1 amide bonds. The van der Waals surface area contributed by atoms with E-state index in [9.17, 15) is 13.6 Å². The van der Waals surface area contributed by atoms with Gasteiger partial charge in [-0.05, 0) is 24.1 Å². The zero-order chi connectivity index (χ0) is 21.5. The molecular formula is C20H20F2N8O. The summed E-state index contributed by atoms with van der Waals surface area (Å²) >= 11 is 0. The number of nitrogens with zero attached hydrogens (tertiary/aromatic N) is 6. The van der Waals surface area contributed by atoms with E-state index >= 15 is 0 Å². The Morgan fingerprint density at radius 1 is 1.35 bits per heavy atom. The minimum Gasteiger partial charge on any atom is -0.350 e. The molecule has 3 aromatic heterocycles. The van der Waals surface area contributed by atoms with Crippen LogP contribution in [0.15, 0.2) is 30.6 Å². The van der Waals surface area contributed by atoms with Gasteiger partial charge in [-0.1, -0.05) is 11.3 Å². The number of aromatic nitrogens is 6. The average Bonchev–Trinajstić information content (AvgIpc) is 3.34. The van der Waals surface area contributed by atoms with Gasteiger partial charge in [-0.15, -0.1) is 5.10 Å². The molecule has 2 N–H and O–H groups in total. The normalized spacial score (nSPS) is 17.2. The van der Waals surface area contributed by atoms with E-state index in [4.69, 9.17) is 0 Å². The van der Waals surface area contributed by atoms with Crippen LogP contribution in [0.2, 0.25) is 0 Å². The fourth-order valence-electron chi connectivity index (χ4n) is 3.93. The van der Waals surface area contributed by atoms with Crippen molar-refractivity contribution in [2.45, 2.75) is 31.9 Å². The maximum Gasteiger partial charge on any atom is 0.258 e. The van der Waals surface area contributed by atoms with Crippen molar-refractivity contribution in [3.05, 3.63) is 30.6 Å². The maximum absolute atomic E-state index is 12.8. The van der Waals surface area contributed by atoms with Gasteiger partial charge in [0.2, 0.25) is 11.9 Å². The number of aromatic amines is 1. The van der Waals surface area contributed by atoms with Crippen molar-refractivity contribution in [3.8, 4) is 11.1 Å². The van der Waals surface area contributed by atoms with E-state index in [1.54, 1.807) is 30.3 Å². The summed E-state index contributed by atoms with van der Waals surface area (Å²) in [4.78, 5) is 25.5. The lowest BCUT2D eigenvalue weighted by molar-refractivity contribution is -0.132. The SMILES string of the molecule is CN1C[C@@H](Nc2ncc3c(-c4ccc5nnn(CC(F)F)c5c4)c[nH]c3n2)CCC1=O. The number of nitrogens with one attached hydrogen (secondary N) is 2. The van der Waals surface area contributed by atoms with Gasteiger partial charge >= 0.3 is 0 Å². The van der Waals surface area contributed by atoms with Gasteiger partial charge in [-0.3, -0.25) is 4.79 Å². The molecule has 31 heavy (non-hydrogen) atoms. The van der Waals surface area contributed by atoms with Gasteiger partial charge in [-0.2, -0.15) is 4.98 Å². The third-order valence-corrected chi connectivity index (χ3v) is 5.53. The third kappa shape index (κ3) is 3.66. The molecule has 5 rings (SSSR count). The Kier molecular flexibility index (Phi) is 4.72. The van der Waals surface area contributed by atoms with Crippen molar-refractivity contribution < 1.29 is 13.6 Å². The summed E-state index contributed by atoms with van der Waals surface area (Å²) in [6.45, 7) is 0.102. The number of amides is 1. The first kappa shape index (κ1) is 19.3. The van der Waals surface area contributed by atoms with Crippen molar-refractivity contribution >= 4 is 33.9 Å². The second-order valence-corrected chi connectivity index (χ2v) is 7.68. The van der Waals surface area contributed by atoms with Gasteiger partial charge in [0.05, 0.1) is 5.52 Å². The molecular weight excluding hydrogens is 406 g/mol. The lowest BCUT2D eigenvalue weighted by atomic mass is 10.1. The van der Waals surface area contributed by atoms with E-state index in [0.29, 0.717) is 35.6 Å². The summed E-state index contributed by atoms with van der Waals surface area (Å²) in [7, 11) is 1.79. The highest BCUT2D eigenvalue weighted by Crippen LogP contribution is 2.30. The van der Waals surface area contributed by atoms with Crippen LogP contribution in [-0.4, -0.2) is 66.8 Å². The van der Waals surface area contributed by atoms with Crippen LogP contribution in [0.25, 0.3) is 33.2 Å². The Balaban J connectivity index is 1.43. The molecule has 0 unspecified atom stereocenters. The first-order valence-corrected chi connectivity index (χ1v) is 9.94. The molecule has 11 heteroatoms. The van der Waals surface area contributed by atoms with Gasteiger partial charge in [0, 0.05) is 49.4 Å². The number of hydrogen-bond acceptors (Lipinski definition) is 6. The molecule has 160 valence electrons. The predicted octanol–water partition coefficient (Wildman–Crippen LogP) is 2.67. The Labute approximate surface area is 175 Å². The number of H-pyrrole nitrogens is 1. The third-order valence-electron chi connectivity index (χ3n) is 5.53. The van der Waals surface area contributed by atoms with Crippen molar-refractivity contribution in [3.63, 3.8) is 0 Å². The first-order chi connectivity index (χ1) is 15.0. The minimum atomic E-state index is -2.51. The molecule has 1 fully saturated rings. The number of benzene rings is 1. The van der Waals surface area contributed by atoms with Gasteiger partial charge in [-0.25, -0.2) is 18.4 Å². The van der Waals surface area contributed by atoms with E-state index in [2.05, 4.69) is 30.6 Å². The van der Waals surface area contributed by atoms with Crippen LogP contribution in [0.4, 0.5) is 14.7 Å². The van der Waals surface area contributed by atoms with E-state index in [1.807, 2.05) is 12.3 Å².